The number of hydrazine groups is 1. The zero-order valence-corrected chi connectivity index (χ0v) is 8.27. The summed E-state index contributed by atoms with van der Waals surface area (Å²) in [5, 5.41) is 8.55. The Morgan fingerprint density at radius 2 is 2.00 bits per heavy atom. The number of rotatable bonds is 3. The lowest BCUT2D eigenvalue weighted by Crippen LogP contribution is -2.44. The first kappa shape index (κ1) is 10.5. The summed E-state index contributed by atoms with van der Waals surface area (Å²) in [7, 11) is 0. The quantitative estimate of drug-likeness (QED) is 0.291. The topological polar surface area (TPSA) is 79.1 Å². The number of hydrogen-bond acceptors (Lipinski definition) is 2. The minimum Gasteiger partial charge on any atom is -0.369 e. The highest BCUT2D eigenvalue weighted by atomic mass is 15.5. The van der Waals surface area contributed by atoms with E-state index in [2.05, 4.69) is 0 Å². The molecule has 1 unspecified atom stereocenters. The second-order valence-corrected chi connectivity index (χ2v) is 3.13. The maximum atomic E-state index is 7.26. The molecule has 1 atom stereocenters. The second kappa shape index (κ2) is 4.62. The Bertz CT molecular complexity index is 296. The van der Waals surface area contributed by atoms with Crippen LogP contribution in [-0.2, 0) is 0 Å². The SMILES string of the molecule is CCC(c1ccccc1)N(N)C(=N)N. The highest BCUT2D eigenvalue weighted by Gasteiger charge is 2.15. The van der Waals surface area contributed by atoms with Crippen molar-refractivity contribution >= 4 is 5.96 Å². The molecule has 0 saturated carbocycles. The number of nitrogens with zero attached hydrogens (tertiary/aromatic N) is 1. The maximum Gasteiger partial charge on any atom is 0.203 e. The van der Waals surface area contributed by atoms with Crippen LogP contribution in [0.1, 0.15) is 24.9 Å². The van der Waals surface area contributed by atoms with Crippen LogP contribution in [0.5, 0.6) is 0 Å². The van der Waals surface area contributed by atoms with Crippen LogP contribution in [0.25, 0.3) is 0 Å². The lowest BCUT2D eigenvalue weighted by atomic mass is 10.0. The molecule has 76 valence electrons. The summed E-state index contributed by atoms with van der Waals surface area (Å²) >= 11 is 0. The van der Waals surface area contributed by atoms with Gasteiger partial charge in [0.15, 0.2) is 0 Å². The zero-order valence-electron chi connectivity index (χ0n) is 8.27. The van der Waals surface area contributed by atoms with Crippen LogP contribution in [0, 0.1) is 5.41 Å². The van der Waals surface area contributed by atoms with Gasteiger partial charge in [-0.15, -0.1) is 0 Å². The van der Waals surface area contributed by atoms with E-state index >= 15 is 0 Å². The number of hydrogen-bond donors (Lipinski definition) is 3. The van der Waals surface area contributed by atoms with Crippen molar-refractivity contribution < 1.29 is 0 Å². The van der Waals surface area contributed by atoms with E-state index in [0.717, 1.165) is 12.0 Å². The molecule has 0 amide bonds. The average molecular weight is 192 g/mol. The van der Waals surface area contributed by atoms with E-state index in [1.807, 2.05) is 37.3 Å². The first-order valence-corrected chi connectivity index (χ1v) is 4.59. The maximum absolute atomic E-state index is 7.26. The van der Waals surface area contributed by atoms with Crippen molar-refractivity contribution in [2.24, 2.45) is 11.6 Å². The Kier molecular flexibility index (Phi) is 3.48. The van der Waals surface area contributed by atoms with E-state index in [9.17, 15) is 0 Å². The van der Waals surface area contributed by atoms with Crippen LogP contribution in [0.2, 0.25) is 0 Å². The molecule has 0 radical (unpaired) electrons. The van der Waals surface area contributed by atoms with E-state index in [1.54, 1.807) is 0 Å². The van der Waals surface area contributed by atoms with Crippen LogP contribution < -0.4 is 11.6 Å². The fraction of sp³-hybridized carbons (Fsp3) is 0.300. The van der Waals surface area contributed by atoms with Crippen molar-refractivity contribution in [2.45, 2.75) is 19.4 Å². The second-order valence-electron chi connectivity index (χ2n) is 3.13. The molecule has 14 heavy (non-hydrogen) atoms. The molecular weight excluding hydrogens is 176 g/mol. The normalized spacial score (nSPS) is 12.1. The summed E-state index contributed by atoms with van der Waals surface area (Å²) in [5.74, 6) is 5.58. The molecule has 1 aromatic rings. The summed E-state index contributed by atoms with van der Waals surface area (Å²) < 4.78 is 0. The molecule has 1 rings (SSSR count). The molecule has 0 aliphatic heterocycles. The molecule has 4 heteroatoms. The van der Waals surface area contributed by atoms with Crippen molar-refractivity contribution in [1.29, 1.82) is 5.41 Å². The van der Waals surface area contributed by atoms with Gasteiger partial charge in [0.2, 0.25) is 5.96 Å². The van der Waals surface area contributed by atoms with Gasteiger partial charge in [0.1, 0.15) is 0 Å². The first-order valence-electron chi connectivity index (χ1n) is 4.59. The summed E-state index contributed by atoms with van der Waals surface area (Å²) in [5.41, 5.74) is 6.41. The molecule has 0 aliphatic carbocycles. The third-order valence-electron chi connectivity index (χ3n) is 2.18. The van der Waals surface area contributed by atoms with Crippen molar-refractivity contribution in [1.82, 2.24) is 5.01 Å². The smallest absolute Gasteiger partial charge is 0.203 e. The van der Waals surface area contributed by atoms with Gasteiger partial charge >= 0.3 is 0 Å². The van der Waals surface area contributed by atoms with Gasteiger partial charge < -0.3 is 5.73 Å². The molecule has 0 aromatic heterocycles. The predicted molar refractivity (Wildman–Crippen MR) is 57.4 cm³/mol. The molecule has 0 spiro atoms. The van der Waals surface area contributed by atoms with Gasteiger partial charge in [-0.3, -0.25) is 10.4 Å². The van der Waals surface area contributed by atoms with Crippen LogP contribution in [-0.4, -0.2) is 11.0 Å². The molecule has 0 bridgehead atoms. The van der Waals surface area contributed by atoms with Crippen molar-refractivity contribution in [2.75, 3.05) is 0 Å². The van der Waals surface area contributed by atoms with Crippen LogP contribution in [0.3, 0.4) is 0 Å². The monoisotopic (exact) mass is 192 g/mol. The average Bonchev–Trinajstić information content (AvgIpc) is 2.20. The third-order valence-corrected chi connectivity index (χ3v) is 2.18. The lowest BCUT2D eigenvalue weighted by Gasteiger charge is -2.26. The van der Waals surface area contributed by atoms with Gasteiger partial charge in [0.25, 0.3) is 0 Å². The summed E-state index contributed by atoms with van der Waals surface area (Å²) in [6, 6.07) is 9.80. The Balaban J connectivity index is 2.87. The predicted octanol–water partition coefficient (Wildman–Crippen LogP) is 1.21. The summed E-state index contributed by atoms with van der Waals surface area (Å²) in [6.45, 7) is 2.01. The minimum atomic E-state index is -0.110. The molecule has 1 aromatic carbocycles. The van der Waals surface area contributed by atoms with Gasteiger partial charge in [-0.2, -0.15) is 0 Å². The van der Waals surface area contributed by atoms with Crippen molar-refractivity contribution in [3.05, 3.63) is 35.9 Å². The third kappa shape index (κ3) is 2.23. The number of benzene rings is 1. The molecule has 0 saturated heterocycles. The Hall–Kier alpha value is -1.55. The van der Waals surface area contributed by atoms with Gasteiger partial charge in [-0.1, -0.05) is 37.3 Å². The molecule has 0 heterocycles. The number of nitrogens with two attached hydrogens (primary N) is 2. The number of nitrogens with one attached hydrogen (secondary N) is 1. The van der Waals surface area contributed by atoms with Gasteiger partial charge in [0.05, 0.1) is 6.04 Å². The van der Waals surface area contributed by atoms with E-state index in [0.29, 0.717) is 0 Å². The van der Waals surface area contributed by atoms with Crippen LogP contribution >= 0.6 is 0 Å². The van der Waals surface area contributed by atoms with E-state index in [-0.39, 0.29) is 12.0 Å². The van der Waals surface area contributed by atoms with E-state index < -0.39 is 0 Å². The van der Waals surface area contributed by atoms with E-state index in [4.69, 9.17) is 17.0 Å². The number of guanidine groups is 1. The minimum absolute atomic E-state index is 0.0197. The zero-order chi connectivity index (χ0) is 10.6. The Morgan fingerprint density at radius 1 is 1.43 bits per heavy atom. The molecule has 5 N–H and O–H groups in total. The van der Waals surface area contributed by atoms with E-state index in [1.165, 1.54) is 5.01 Å². The first-order chi connectivity index (χ1) is 6.66. The molecule has 4 nitrogen and oxygen atoms in total. The van der Waals surface area contributed by atoms with Gasteiger partial charge in [-0.25, -0.2) is 5.84 Å². The molecule has 0 fully saturated rings. The van der Waals surface area contributed by atoms with Crippen LogP contribution in [0.4, 0.5) is 0 Å². The summed E-state index contributed by atoms with van der Waals surface area (Å²) in [4.78, 5) is 0. The van der Waals surface area contributed by atoms with Crippen molar-refractivity contribution in [3.8, 4) is 0 Å². The van der Waals surface area contributed by atoms with Gasteiger partial charge in [0, 0.05) is 0 Å². The fourth-order valence-electron chi connectivity index (χ4n) is 1.44. The largest absolute Gasteiger partial charge is 0.369 e. The van der Waals surface area contributed by atoms with Gasteiger partial charge in [-0.05, 0) is 12.0 Å². The fourth-order valence-corrected chi connectivity index (χ4v) is 1.44. The Morgan fingerprint density at radius 3 is 2.43 bits per heavy atom. The highest BCUT2D eigenvalue weighted by molar-refractivity contribution is 5.74. The standard InChI is InChI=1S/C10H16N4/c1-2-9(14(13)10(11)12)8-6-4-3-5-7-8/h3-7,9H,2,13H2,1H3,(H3,11,12). The highest BCUT2D eigenvalue weighted by Crippen LogP contribution is 2.20. The molecular formula is C10H16N4. The Labute approximate surface area is 84.0 Å². The van der Waals surface area contributed by atoms with Crippen molar-refractivity contribution in [3.63, 3.8) is 0 Å². The van der Waals surface area contributed by atoms with Crippen LogP contribution in [0.15, 0.2) is 30.3 Å². The summed E-state index contributed by atoms with van der Waals surface area (Å²) in [6.07, 6.45) is 0.820. The lowest BCUT2D eigenvalue weighted by molar-refractivity contribution is 0.313. The molecule has 0 aliphatic rings.